The van der Waals surface area contributed by atoms with Crippen LogP contribution >= 0.6 is 23.4 Å². The molecule has 3 rings (SSSR count). The molecule has 6 nitrogen and oxygen atoms in total. The number of hydrogen-bond donors (Lipinski definition) is 2. The minimum atomic E-state index is -0.426. The summed E-state index contributed by atoms with van der Waals surface area (Å²) in [6.07, 6.45) is 5.46. The second-order valence-electron chi connectivity index (χ2n) is 5.25. The third kappa shape index (κ3) is 4.07. The van der Waals surface area contributed by atoms with Crippen molar-refractivity contribution in [2.24, 2.45) is 0 Å². The van der Waals surface area contributed by atoms with Gasteiger partial charge in [0.2, 0.25) is 0 Å². The largest absolute Gasteiger partial charge is 0.295 e. The Hall–Kier alpha value is -2.77. The van der Waals surface area contributed by atoms with Gasteiger partial charge >= 0.3 is 0 Å². The molecular formula is C18H15ClN4O2S. The maximum absolute atomic E-state index is 12.3. The van der Waals surface area contributed by atoms with Gasteiger partial charge in [0.25, 0.3) is 11.8 Å². The fourth-order valence-corrected chi connectivity index (χ4v) is 2.95. The first-order valence-electron chi connectivity index (χ1n) is 7.62. The summed E-state index contributed by atoms with van der Waals surface area (Å²) < 4.78 is 1.88. The third-order valence-corrected chi connectivity index (χ3v) is 4.49. The first kappa shape index (κ1) is 18.0. The topological polar surface area (TPSA) is 76.0 Å². The SMILES string of the molecule is CSc1nccn1-c1cccc(C(=O)NNC(=O)c2ccc(Cl)cc2)c1. The van der Waals surface area contributed by atoms with Crippen molar-refractivity contribution in [1.82, 2.24) is 20.4 Å². The van der Waals surface area contributed by atoms with E-state index in [1.165, 1.54) is 11.8 Å². The van der Waals surface area contributed by atoms with Gasteiger partial charge in [-0.3, -0.25) is 25.0 Å². The van der Waals surface area contributed by atoms with E-state index in [4.69, 9.17) is 11.6 Å². The van der Waals surface area contributed by atoms with Crippen LogP contribution < -0.4 is 10.9 Å². The van der Waals surface area contributed by atoms with E-state index >= 15 is 0 Å². The van der Waals surface area contributed by atoms with Gasteiger partial charge in [0.15, 0.2) is 5.16 Å². The lowest BCUT2D eigenvalue weighted by Gasteiger charge is -2.10. The number of aromatic nitrogens is 2. The molecule has 26 heavy (non-hydrogen) atoms. The number of rotatable bonds is 4. The van der Waals surface area contributed by atoms with Gasteiger partial charge < -0.3 is 0 Å². The minimum absolute atomic E-state index is 0.395. The highest BCUT2D eigenvalue weighted by Gasteiger charge is 2.11. The van der Waals surface area contributed by atoms with E-state index in [0.717, 1.165) is 10.8 Å². The smallest absolute Gasteiger partial charge is 0.269 e. The molecule has 1 heterocycles. The average molecular weight is 387 g/mol. The number of thioether (sulfide) groups is 1. The van der Waals surface area contributed by atoms with Gasteiger partial charge in [-0.15, -0.1) is 0 Å². The number of nitrogens with zero attached hydrogens (tertiary/aromatic N) is 2. The molecule has 0 radical (unpaired) electrons. The van der Waals surface area contributed by atoms with E-state index < -0.39 is 11.8 Å². The summed E-state index contributed by atoms with van der Waals surface area (Å²) in [5.74, 6) is -0.842. The molecule has 0 unspecified atom stereocenters. The van der Waals surface area contributed by atoms with Crippen LogP contribution in [0.2, 0.25) is 5.02 Å². The fourth-order valence-electron chi connectivity index (χ4n) is 2.29. The van der Waals surface area contributed by atoms with Crippen molar-refractivity contribution < 1.29 is 9.59 Å². The quantitative estimate of drug-likeness (QED) is 0.532. The number of benzene rings is 2. The molecule has 2 N–H and O–H groups in total. The molecule has 2 aromatic carbocycles. The first-order chi connectivity index (χ1) is 12.6. The Bertz CT molecular complexity index is 940. The zero-order valence-electron chi connectivity index (χ0n) is 13.8. The van der Waals surface area contributed by atoms with E-state index in [1.54, 1.807) is 48.7 Å². The number of hydrogen-bond acceptors (Lipinski definition) is 4. The Balaban J connectivity index is 1.69. The first-order valence-corrected chi connectivity index (χ1v) is 9.23. The van der Waals surface area contributed by atoms with Crippen LogP contribution in [0.15, 0.2) is 66.1 Å². The molecule has 2 amide bonds. The summed E-state index contributed by atoms with van der Waals surface area (Å²) in [7, 11) is 0. The lowest BCUT2D eigenvalue weighted by molar-refractivity contribution is 0.0846. The molecule has 0 saturated carbocycles. The van der Waals surface area contributed by atoms with E-state index in [1.807, 2.05) is 23.1 Å². The molecule has 0 atom stereocenters. The summed E-state index contributed by atoms with van der Waals surface area (Å²) in [5.41, 5.74) is 6.42. The van der Waals surface area contributed by atoms with Crippen molar-refractivity contribution in [3.05, 3.63) is 77.1 Å². The number of imidazole rings is 1. The van der Waals surface area contributed by atoms with Gasteiger partial charge in [-0.2, -0.15) is 0 Å². The summed E-state index contributed by atoms with van der Waals surface area (Å²) in [5, 5.41) is 1.35. The Labute approximate surface area is 159 Å². The number of carbonyl (C=O) groups excluding carboxylic acids is 2. The summed E-state index contributed by atoms with van der Waals surface area (Å²) in [4.78, 5) is 28.6. The molecule has 0 saturated heterocycles. The predicted molar refractivity (Wildman–Crippen MR) is 102 cm³/mol. The van der Waals surface area contributed by atoms with Crippen LogP contribution in [0.25, 0.3) is 5.69 Å². The number of hydrazine groups is 1. The normalized spacial score (nSPS) is 10.4. The van der Waals surface area contributed by atoms with Crippen LogP contribution in [0.5, 0.6) is 0 Å². The Kier molecular flexibility index (Phi) is 5.60. The van der Waals surface area contributed by atoms with E-state index in [-0.39, 0.29) is 0 Å². The van der Waals surface area contributed by atoms with Gasteiger partial charge in [-0.1, -0.05) is 29.4 Å². The van der Waals surface area contributed by atoms with Gasteiger partial charge in [0.1, 0.15) is 0 Å². The van der Waals surface area contributed by atoms with Crippen molar-refractivity contribution in [1.29, 1.82) is 0 Å². The molecular weight excluding hydrogens is 372 g/mol. The van der Waals surface area contributed by atoms with Crippen LogP contribution in [0.1, 0.15) is 20.7 Å². The van der Waals surface area contributed by atoms with E-state index in [0.29, 0.717) is 16.1 Å². The number of nitrogens with one attached hydrogen (secondary N) is 2. The average Bonchev–Trinajstić information content (AvgIpc) is 3.15. The van der Waals surface area contributed by atoms with Gasteiger partial charge in [-0.05, 0) is 48.7 Å². The molecule has 0 bridgehead atoms. The highest BCUT2D eigenvalue weighted by molar-refractivity contribution is 7.98. The number of amides is 2. The third-order valence-electron chi connectivity index (χ3n) is 3.57. The molecule has 8 heteroatoms. The number of carbonyl (C=O) groups is 2. The Morgan fingerprint density at radius 1 is 1.04 bits per heavy atom. The molecule has 132 valence electrons. The van der Waals surface area contributed by atoms with Crippen molar-refractivity contribution >= 4 is 35.2 Å². The Morgan fingerprint density at radius 3 is 2.42 bits per heavy atom. The van der Waals surface area contributed by atoms with Gasteiger partial charge in [-0.25, -0.2) is 4.98 Å². The van der Waals surface area contributed by atoms with Gasteiger partial charge in [0.05, 0.1) is 0 Å². The predicted octanol–water partition coefficient (Wildman–Crippen LogP) is 3.32. The van der Waals surface area contributed by atoms with Crippen molar-refractivity contribution in [3.63, 3.8) is 0 Å². The maximum atomic E-state index is 12.3. The second-order valence-corrected chi connectivity index (χ2v) is 6.46. The van der Waals surface area contributed by atoms with Crippen LogP contribution in [0.4, 0.5) is 0 Å². The van der Waals surface area contributed by atoms with Crippen LogP contribution in [0.3, 0.4) is 0 Å². The van der Waals surface area contributed by atoms with Crippen molar-refractivity contribution in [2.45, 2.75) is 5.16 Å². The van der Waals surface area contributed by atoms with E-state index in [9.17, 15) is 9.59 Å². The fraction of sp³-hybridized carbons (Fsp3) is 0.0556. The van der Waals surface area contributed by atoms with Gasteiger partial charge in [0, 0.05) is 34.2 Å². The lowest BCUT2D eigenvalue weighted by Crippen LogP contribution is -2.41. The molecule has 0 spiro atoms. The molecule has 0 fully saturated rings. The summed E-state index contributed by atoms with van der Waals surface area (Å²) >= 11 is 7.30. The lowest BCUT2D eigenvalue weighted by atomic mass is 10.2. The minimum Gasteiger partial charge on any atom is -0.295 e. The van der Waals surface area contributed by atoms with Crippen LogP contribution in [0, 0.1) is 0 Å². The van der Waals surface area contributed by atoms with Crippen molar-refractivity contribution in [2.75, 3.05) is 6.26 Å². The summed E-state index contributed by atoms with van der Waals surface area (Å²) in [6.45, 7) is 0. The Morgan fingerprint density at radius 2 is 1.73 bits per heavy atom. The molecule has 0 aliphatic heterocycles. The molecule has 1 aromatic heterocycles. The maximum Gasteiger partial charge on any atom is 0.269 e. The monoisotopic (exact) mass is 386 g/mol. The number of halogens is 1. The molecule has 0 aliphatic rings. The van der Waals surface area contributed by atoms with Crippen molar-refractivity contribution in [3.8, 4) is 5.69 Å². The standard InChI is InChI=1S/C18H15ClN4O2S/c1-26-18-20-9-10-23(18)15-4-2-3-13(11-15)17(25)22-21-16(24)12-5-7-14(19)8-6-12/h2-11H,1H3,(H,21,24)(H,22,25). The van der Waals surface area contributed by atoms with Crippen LogP contribution in [-0.4, -0.2) is 27.6 Å². The van der Waals surface area contributed by atoms with E-state index in [2.05, 4.69) is 15.8 Å². The zero-order valence-corrected chi connectivity index (χ0v) is 15.3. The highest BCUT2D eigenvalue weighted by Crippen LogP contribution is 2.18. The highest BCUT2D eigenvalue weighted by atomic mass is 35.5. The van der Waals surface area contributed by atoms with Crippen LogP contribution in [-0.2, 0) is 0 Å². The summed E-state index contributed by atoms with van der Waals surface area (Å²) in [6, 6.07) is 13.4. The zero-order chi connectivity index (χ0) is 18.5. The second kappa shape index (κ2) is 8.07. The molecule has 3 aromatic rings. The molecule has 0 aliphatic carbocycles.